The molecular weight excluding hydrogens is 245 g/mol. The number of alkyl halides is 3. The third-order valence-corrected chi connectivity index (χ3v) is 2.99. The highest BCUT2D eigenvalue weighted by molar-refractivity contribution is 5.57. The van der Waals surface area contributed by atoms with Crippen LogP contribution in [0, 0.1) is 11.3 Å². The molecule has 1 aliphatic heterocycles. The van der Waals surface area contributed by atoms with Crippen molar-refractivity contribution in [2.45, 2.75) is 19.0 Å². The van der Waals surface area contributed by atoms with E-state index in [1.807, 2.05) is 0 Å². The second kappa shape index (κ2) is 4.91. The molecule has 1 aromatic rings. The van der Waals surface area contributed by atoms with Gasteiger partial charge in [0.1, 0.15) is 5.69 Å². The smallest absolute Gasteiger partial charge is 0.341 e. The molecular formula is C11H13F3N4. The summed E-state index contributed by atoms with van der Waals surface area (Å²) in [6.45, 7) is 1.17. The van der Waals surface area contributed by atoms with E-state index in [9.17, 15) is 13.2 Å². The lowest BCUT2D eigenvalue weighted by molar-refractivity contribution is -0.141. The van der Waals surface area contributed by atoms with E-state index in [0.29, 0.717) is 13.1 Å². The molecule has 4 nitrogen and oxygen atoms in total. The molecule has 1 fully saturated rings. The van der Waals surface area contributed by atoms with Crippen molar-refractivity contribution in [2.75, 3.05) is 18.0 Å². The van der Waals surface area contributed by atoms with Crippen LogP contribution in [0.4, 0.5) is 19.1 Å². The topological polar surface area (TPSA) is 52.9 Å². The van der Waals surface area contributed by atoms with Gasteiger partial charge < -0.3 is 10.3 Å². The van der Waals surface area contributed by atoms with Gasteiger partial charge in [0.05, 0.1) is 0 Å². The second-order valence-electron chi connectivity index (χ2n) is 4.23. The molecule has 0 bridgehead atoms. The molecule has 0 radical (unpaired) electrons. The molecule has 18 heavy (non-hydrogen) atoms. The molecule has 0 aliphatic carbocycles. The number of nitrogens with zero attached hydrogens (tertiary/aromatic N) is 3. The largest absolute Gasteiger partial charge is 0.433 e. The monoisotopic (exact) mass is 258 g/mol. The van der Waals surface area contributed by atoms with Gasteiger partial charge in [-0.25, -0.2) is 9.97 Å². The zero-order valence-electron chi connectivity index (χ0n) is 9.61. The standard InChI is InChI=1S/C11H13F3N4/c12-11(13,14)9-1-4-16-10(17-9)18-5-2-8(7-15)3-6-18/h1,4,7-8,15H,2-3,5-6H2. The first-order valence-electron chi connectivity index (χ1n) is 5.66. The molecule has 0 aromatic carbocycles. The van der Waals surface area contributed by atoms with Crippen LogP contribution >= 0.6 is 0 Å². The number of piperidine rings is 1. The lowest BCUT2D eigenvalue weighted by atomic mass is 9.99. The summed E-state index contributed by atoms with van der Waals surface area (Å²) in [4.78, 5) is 9.17. The molecule has 1 aromatic heterocycles. The van der Waals surface area contributed by atoms with Crippen LogP contribution < -0.4 is 4.90 Å². The lowest BCUT2D eigenvalue weighted by Crippen LogP contribution is -2.35. The van der Waals surface area contributed by atoms with Gasteiger partial charge in [-0.3, -0.25) is 0 Å². The Morgan fingerprint density at radius 1 is 1.33 bits per heavy atom. The Hall–Kier alpha value is -1.66. The Morgan fingerprint density at radius 2 is 2.00 bits per heavy atom. The molecule has 7 heteroatoms. The maximum Gasteiger partial charge on any atom is 0.433 e. The van der Waals surface area contributed by atoms with Crippen LogP contribution in [0.2, 0.25) is 0 Å². The van der Waals surface area contributed by atoms with E-state index in [0.717, 1.165) is 25.1 Å². The quantitative estimate of drug-likeness (QED) is 0.828. The van der Waals surface area contributed by atoms with E-state index in [1.54, 1.807) is 4.90 Å². The van der Waals surface area contributed by atoms with Gasteiger partial charge >= 0.3 is 6.18 Å². The van der Waals surface area contributed by atoms with Gasteiger partial charge in [-0.05, 0) is 31.0 Å². The van der Waals surface area contributed by atoms with Gasteiger partial charge in [0.2, 0.25) is 5.95 Å². The van der Waals surface area contributed by atoms with Crippen LogP contribution in [0.15, 0.2) is 12.3 Å². The number of hydrogen-bond acceptors (Lipinski definition) is 4. The fourth-order valence-corrected chi connectivity index (χ4v) is 1.92. The van der Waals surface area contributed by atoms with Gasteiger partial charge in [-0.15, -0.1) is 0 Å². The molecule has 0 saturated carbocycles. The van der Waals surface area contributed by atoms with Crippen LogP contribution in [0.3, 0.4) is 0 Å². The predicted octanol–water partition coefficient (Wildman–Crippen LogP) is 2.36. The predicted molar refractivity (Wildman–Crippen MR) is 60.8 cm³/mol. The van der Waals surface area contributed by atoms with Gasteiger partial charge in [0.25, 0.3) is 0 Å². The Morgan fingerprint density at radius 3 is 2.56 bits per heavy atom. The zero-order valence-corrected chi connectivity index (χ0v) is 9.61. The lowest BCUT2D eigenvalue weighted by Gasteiger charge is -2.30. The van der Waals surface area contributed by atoms with Crippen molar-refractivity contribution in [1.82, 2.24) is 9.97 Å². The van der Waals surface area contributed by atoms with E-state index < -0.39 is 11.9 Å². The summed E-state index contributed by atoms with van der Waals surface area (Å²) in [6, 6.07) is 0.869. The molecule has 0 spiro atoms. The van der Waals surface area contributed by atoms with Crippen molar-refractivity contribution in [3.05, 3.63) is 18.0 Å². The van der Waals surface area contributed by atoms with Crippen molar-refractivity contribution < 1.29 is 13.2 Å². The SMILES string of the molecule is N=CC1CCN(c2nccc(C(F)(F)F)n2)CC1. The molecule has 1 N–H and O–H groups in total. The number of rotatable bonds is 2. The Bertz CT molecular complexity index is 425. The van der Waals surface area contributed by atoms with Crippen LogP contribution in [0.25, 0.3) is 0 Å². The molecule has 0 atom stereocenters. The normalized spacial score (nSPS) is 17.8. The van der Waals surface area contributed by atoms with Gasteiger partial charge in [0, 0.05) is 19.3 Å². The highest BCUT2D eigenvalue weighted by Gasteiger charge is 2.33. The van der Waals surface area contributed by atoms with Crippen LogP contribution in [0.1, 0.15) is 18.5 Å². The van der Waals surface area contributed by atoms with E-state index in [-0.39, 0.29) is 11.9 Å². The Labute approximate surface area is 102 Å². The first-order valence-corrected chi connectivity index (χ1v) is 5.66. The summed E-state index contributed by atoms with van der Waals surface area (Å²) in [6.07, 6.45) is -0.407. The molecule has 2 rings (SSSR count). The zero-order chi connectivity index (χ0) is 13.2. The average Bonchev–Trinajstić information content (AvgIpc) is 2.38. The molecule has 2 heterocycles. The number of aromatic nitrogens is 2. The van der Waals surface area contributed by atoms with E-state index in [1.165, 1.54) is 6.21 Å². The molecule has 98 valence electrons. The third-order valence-electron chi connectivity index (χ3n) is 2.99. The maximum absolute atomic E-state index is 12.5. The molecule has 0 unspecified atom stereocenters. The Kier molecular flexibility index (Phi) is 3.49. The average molecular weight is 258 g/mol. The Balaban J connectivity index is 2.12. The first kappa shape index (κ1) is 12.8. The molecule has 1 aliphatic rings. The van der Waals surface area contributed by atoms with Gasteiger partial charge in [0.15, 0.2) is 0 Å². The van der Waals surface area contributed by atoms with E-state index in [4.69, 9.17) is 5.41 Å². The molecule has 1 saturated heterocycles. The minimum atomic E-state index is -4.44. The van der Waals surface area contributed by atoms with E-state index in [2.05, 4.69) is 9.97 Å². The van der Waals surface area contributed by atoms with Crippen molar-refractivity contribution in [1.29, 1.82) is 5.41 Å². The van der Waals surface area contributed by atoms with Crippen molar-refractivity contribution in [3.8, 4) is 0 Å². The summed E-state index contributed by atoms with van der Waals surface area (Å²) >= 11 is 0. The van der Waals surface area contributed by atoms with Gasteiger partial charge in [-0.2, -0.15) is 13.2 Å². The highest BCUT2D eigenvalue weighted by Crippen LogP contribution is 2.28. The number of halogens is 3. The number of nitrogens with one attached hydrogen (secondary N) is 1. The maximum atomic E-state index is 12.5. The highest BCUT2D eigenvalue weighted by atomic mass is 19.4. The van der Waals surface area contributed by atoms with Crippen molar-refractivity contribution >= 4 is 12.2 Å². The summed E-state index contributed by atoms with van der Waals surface area (Å²) in [7, 11) is 0. The van der Waals surface area contributed by atoms with E-state index >= 15 is 0 Å². The van der Waals surface area contributed by atoms with Crippen molar-refractivity contribution in [3.63, 3.8) is 0 Å². The second-order valence-corrected chi connectivity index (χ2v) is 4.23. The van der Waals surface area contributed by atoms with Crippen LogP contribution in [-0.2, 0) is 6.18 Å². The minimum Gasteiger partial charge on any atom is -0.341 e. The number of hydrogen-bond donors (Lipinski definition) is 1. The minimum absolute atomic E-state index is 0.119. The first-order chi connectivity index (χ1) is 8.50. The summed E-state index contributed by atoms with van der Waals surface area (Å²) in [5.41, 5.74) is -0.915. The molecule has 0 amide bonds. The third kappa shape index (κ3) is 2.77. The summed E-state index contributed by atoms with van der Waals surface area (Å²) in [5, 5.41) is 7.16. The van der Waals surface area contributed by atoms with Crippen LogP contribution in [0.5, 0.6) is 0 Å². The summed E-state index contributed by atoms with van der Waals surface area (Å²) in [5.74, 6) is 0.334. The fourth-order valence-electron chi connectivity index (χ4n) is 1.92. The van der Waals surface area contributed by atoms with Crippen molar-refractivity contribution in [2.24, 2.45) is 5.92 Å². The van der Waals surface area contributed by atoms with Gasteiger partial charge in [-0.1, -0.05) is 0 Å². The number of anilines is 1. The van der Waals surface area contributed by atoms with Crippen LogP contribution in [-0.4, -0.2) is 29.3 Å². The fraction of sp³-hybridized carbons (Fsp3) is 0.545. The summed E-state index contributed by atoms with van der Waals surface area (Å²) < 4.78 is 37.5.